The second-order valence-electron chi connectivity index (χ2n) is 10.5. The Morgan fingerprint density at radius 1 is 1.36 bits per heavy atom. The number of carbonyl (C=O) groups excluding carboxylic acids is 1. The summed E-state index contributed by atoms with van der Waals surface area (Å²) < 4.78 is 6.84. The Morgan fingerprint density at radius 2 is 2.11 bits per heavy atom. The highest BCUT2D eigenvalue weighted by atomic mass is 16.5. The zero-order valence-electron chi connectivity index (χ0n) is 18.1. The van der Waals surface area contributed by atoms with Gasteiger partial charge in [-0.25, -0.2) is 0 Å². The van der Waals surface area contributed by atoms with E-state index in [-0.39, 0.29) is 41.3 Å². The van der Waals surface area contributed by atoms with Crippen molar-refractivity contribution in [3.63, 3.8) is 0 Å². The molecule has 1 saturated heterocycles. The van der Waals surface area contributed by atoms with Gasteiger partial charge >= 0.3 is 0 Å². The molecule has 2 fully saturated rings. The average molecular weight is 385 g/mol. The summed E-state index contributed by atoms with van der Waals surface area (Å²) in [5.74, 6) is 1.25. The molecule has 4 aliphatic rings. The highest BCUT2D eigenvalue weighted by Gasteiger charge is 2.61. The molecule has 0 bridgehead atoms. The zero-order valence-corrected chi connectivity index (χ0v) is 18.1. The number of aliphatic hydroxyl groups is 1. The lowest BCUT2D eigenvalue weighted by molar-refractivity contribution is -0.118. The highest BCUT2D eigenvalue weighted by Crippen LogP contribution is 2.63. The van der Waals surface area contributed by atoms with E-state index in [0.717, 1.165) is 37.7 Å². The van der Waals surface area contributed by atoms with Crippen LogP contribution in [0.1, 0.15) is 66.7 Å². The van der Waals surface area contributed by atoms with Crippen LogP contribution in [-0.2, 0) is 9.53 Å². The van der Waals surface area contributed by atoms with Crippen molar-refractivity contribution in [1.82, 2.24) is 0 Å². The molecule has 1 N–H and O–H groups in total. The van der Waals surface area contributed by atoms with Gasteiger partial charge in [0, 0.05) is 0 Å². The number of hydrogen-bond donors (Lipinski definition) is 1. The topological polar surface area (TPSA) is 46.5 Å². The predicted octanol–water partition coefficient (Wildman–Crippen LogP) is 5.01. The fraction of sp³-hybridized carbons (Fsp3) is 0.720. The van der Waals surface area contributed by atoms with Crippen LogP contribution in [-0.4, -0.2) is 29.2 Å². The van der Waals surface area contributed by atoms with Crippen molar-refractivity contribution in [2.75, 3.05) is 6.61 Å². The minimum atomic E-state index is -0.139. The van der Waals surface area contributed by atoms with Crippen LogP contribution in [0.5, 0.6) is 0 Å². The van der Waals surface area contributed by atoms with Gasteiger partial charge in [-0.1, -0.05) is 37.1 Å². The highest BCUT2D eigenvalue weighted by molar-refractivity contribution is 5.97. The number of rotatable bonds is 2. The third-order valence-electron chi connectivity index (χ3n) is 8.38. The fourth-order valence-electron chi connectivity index (χ4n) is 7.01. The van der Waals surface area contributed by atoms with E-state index in [2.05, 4.69) is 46.8 Å². The molecule has 28 heavy (non-hydrogen) atoms. The lowest BCUT2D eigenvalue weighted by atomic mass is 9.62. The zero-order chi connectivity index (χ0) is 20.3. The van der Waals surface area contributed by atoms with E-state index in [1.165, 1.54) is 11.1 Å². The second kappa shape index (κ2) is 6.95. The summed E-state index contributed by atoms with van der Waals surface area (Å²) in [5, 5.41) is 10.0. The van der Waals surface area contributed by atoms with Crippen LogP contribution in [0.2, 0.25) is 0 Å². The maximum Gasteiger partial charge on any atom is 0.163 e. The van der Waals surface area contributed by atoms with Crippen LogP contribution in [0.15, 0.2) is 34.9 Å². The van der Waals surface area contributed by atoms with Gasteiger partial charge in [0.25, 0.3) is 0 Å². The lowest BCUT2D eigenvalue weighted by Crippen LogP contribution is -2.44. The first-order chi connectivity index (χ1) is 13.2. The minimum Gasteiger partial charge on any atom is -0.392 e. The monoisotopic (exact) mass is 384 g/mol. The van der Waals surface area contributed by atoms with Gasteiger partial charge in [0.2, 0.25) is 0 Å². The Morgan fingerprint density at radius 3 is 2.79 bits per heavy atom. The van der Waals surface area contributed by atoms with E-state index in [9.17, 15) is 9.90 Å². The van der Waals surface area contributed by atoms with Crippen molar-refractivity contribution in [3.8, 4) is 0 Å². The summed E-state index contributed by atoms with van der Waals surface area (Å²) in [7, 11) is 0. The van der Waals surface area contributed by atoms with Gasteiger partial charge in [0.15, 0.2) is 5.78 Å². The predicted molar refractivity (Wildman–Crippen MR) is 112 cm³/mol. The molecule has 0 aromatic heterocycles. The molecule has 1 aliphatic heterocycles. The Kier molecular flexibility index (Phi) is 4.99. The maximum absolute atomic E-state index is 12.6. The van der Waals surface area contributed by atoms with Crippen molar-refractivity contribution in [3.05, 3.63) is 34.9 Å². The fourth-order valence-corrected chi connectivity index (χ4v) is 7.01. The summed E-state index contributed by atoms with van der Waals surface area (Å²) in [6.07, 6.45) is 11.8. The molecular weight excluding hydrogens is 348 g/mol. The largest absolute Gasteiger partial charge is 0.392 e. The van der Waals surface area contributed by atoms with E-state index in [1.54, 1.807) is 0 Å². The Labute approximate surface area is 169 Å². The van der Waals surface area contributed by atoms with E-state index in [4.69, 9.17) is 4.74 Å². The molecule has 3 nitrogen and oxygen atoms in total. The first-order valence-electron chi connectivity index (χ1n) is 11.0. The molecule has 1 spiro atoms. The Hall–Kier alpha value is -1.19. The standard InChI is InChI=1S/C25H36O3/c1-15(2)10-19-12-17(4)25(28-19)9-8-24(5)13-20-16(3)11-21(27)23(20)18(14-26)6-7-22(24)25/h6,10-11,17,19-20,22-23,26H,7-9,12-14H2,1-5H3/b18-6-/t17-,19-,20+,22?,23+,24+,25-/m0/s1. The number of aliphatic hydroxyl groups excluding tert-OH is 1. The van der Waals surface area contributed by atoms with Gasteiger partial charge in [-0.15, -0.1) is 0 Å². The molecular formula is C25H36O3. The van der Waals surface area contributed by atoms with Crippen molar-refractivity contribution < 1.29 is 14.6 Å². The molecule has 4 rings (SSSR count). The number of ketones is 1. The Balaban J connectivity index is 1.72. The molecule has 7 atom stereocenters. The number of fused-ring (bicyclic) bond motifs is 3. The van der Waals surface area contributed by atoms with Gasteiger partial charge in [-0.2, -0.15) is 0 Å². The van der Waals surface area contributed by atoms with Crippen LogP contribution >= 0.6 is 0 Å². The van der Waals surface area contributed by atoms with E-state index < -0.39 is 0 Å². The molecule has 1 heterocycles. The van der Waals surface area contributed by atoms with Gasteiger partial charge < -0.3 is 9.84 Å². The third kappa shape index (κ3) is 2.97. The van der Waals surface area contributed by atoms with Gasteiger partial charge in [-0.05, 0) is 87.7 Å². The van der Waals surface area contributed by atoms with Gasteiger partial charge in [-0.3, -0.25) is 4.79 Å². The quantitative estimate of drug-likeness (QED) is 0.681. The lowest BCUT2D eigenvalue weighted by Gasteiger charge is -2.44. The van der Waals surface area contributed by atoms with Crippen molar-refractivity contribution in [1.29, 1.82) is 0 Å². The minimum absolute atomic E-state index is 0.0126. The summed E-state index contributed by atoms with van der Waals surface area (Å²) in [6, 6.07) is 0. The molecule has 1 saturated carbocycles. The summed E-state index contributed by atoms with van der Waals surface area (Å²) in [5.41, 5.74) is 3.55. The first-order valence-corrected chi connectivity index (χ1v) is 11.0. The van der Waals surface area contributed by atoms with Gasteiger partial charge in [0.1, 0.15) is 0 Å². The second-order valence-corrected chi connectivity index (χ2v) is 10.5. The van der Waals surface area contributed by atoms with Crippen LogP contribution in [0, 0.1) is 29.1 Å². The number of allylic oxidation sites excluding steroid dienone is 4. The number of ether oxygens (including phenoxy) is 1. The normalized spacial score (nSPS) is 47.1. The average Bonchev–Trinajstić information content (AvgIpc) is 3.14. The van der Waals surface area contributed by atoms with Crippen LogP contribution in [0.3, 0.4) is 0 Å². The van der Waals surface area contributed by atoms with Crippen LogP contribution in [0.25, 0.3) is 0 Å². The maximum atomic E-state index is 12.6. The van der Waals surface area contributed by atoms with Crippen LogP contribution in [0.4, 0.5) is 0 Å². The number of hydrogen-bond acceptors (Lipinski definition) is 3. The molecule has 0 aromatic rings. The summed E-state index contributed by atoms with van der Waals surface area (Å²) in [6.45, 7) is 11.2. The third-order valence-corrected chi connectivity index (χ3v) is 8.38. The SMILES string of the molecule is CC(C)=C[C@H]1C[C@H](C)[C@]2(CC[C@]3(C)C[C@@H]4C(C)=CC(=O)[C@@H]4/C(CO)=C\CC32)O1. The molecule has 0 aromatic carbocycles. The molecule has 1 unspecified atom stereocenters. The van der Waals surface area contributed by atoms with E-state index >= 15 is 0 Å². The van der Waals surface area contributed by atoms with E-state index in [0.29, 0.717) is 11.8 Å². The molecule has 0 amide bonds. The van der Waals surface area contributed by atoms with Gasteiger partial charge in [0.05, 0.1) is 24.2 Å². The van der Waals surface area contributed by atoms with Crippen molar-refractivity contribution in [2.24, 2.45) is 29.1 Å². The van der Waals surface area contributed by atoms with Crippen molar-refractivity contribution in [2.45, 2.75) is 78.4 Å². The summed E-state index contributed by atoms with van der Waals surface area (Å²) >= 11 is 0. The summed E-state index contributed by atoms with van der Waals surface area (Å²) in [4.78, 5) is 12.6. The van der Waals surface area contributed by atoms with Crippen LogP contribution < -0.4 is 0 Å². The molecule has 154 valence electrons. The van der Waals surface area contributed by atoms with E-state index in [1.807, 2.05) is 6.08 Å². The molecule has 3 heteroatoms. The molecule has 3 aliphatic carbocycles. The smallest absolute Gasteiger partial charge is 0.163 e. The molecule has 0 radical (unpaired) electrons. The van der Waals surface area contributed by atoms with Crippen molar-refractivity contribution >= 4 is 5.78 Å². The first kappa shape index (κ1) is 20.1. The Bertz CT molecular complexity index is 756. The number of carbonyl (C=O) groups is 1.